The summed E-state index contributed by atoms with van der Waals surface area (Å²) in [5.41, 5.74) is 5.95. The summed E-state index contributed by atoms with van der Waals surface area (Å²) in [6.07, 6.45) is 6.76. The van der Waals surface area contributed by atoms with Crippen LogP contribution in [0.2, 0.25) is 0 Å². The molecule has 4 aliphatic heterocycles. The number of hydrogen-bond acceptors (Lipinski definition) is 8. The predicted octanol–water partition coefficient (Wildman–Crippen LogP) is 8.68. The van der Waals surface area contributed by atoms with E-state index in [2.05, 4.69) is 71.3 Å². The molecule has 2 aliphatic carbocycles. The van der Waals surface area contributed by atoms with Gasteiger partial charge in [-0.1, -0.05) is 62.3 Å². The Morgan fingerprint density at radius 2 is 1.42 bits per heavy atom. The summed E-state index contributed by atoms with van der Waals surface area (Å²) in [6.45, 7) is 27.6. The lowest BCUT2D eigenvalue weighted by atomic mass is 9.63. The number of hydrogen-bond donors (Lipinski definition) is 1. The predicted molar refractivity (Wildman–Crippen MR) is 209 cm³/mol. The molecule has 0 radical (unpaired) electrons. The zero-order valence-corrected chi connectivity index (χ0v) is 34.0. The second-order valence-corrected chi connectivity index (χ2v) is 19.6. The first kappa shape index (κ1) is 37.5. The summed E-state index contributed by atoms with van der Waals surface area (Å²) in [5, 5.41) is 12.1. The van der Waals surface area contributed by atoms with Gasteiger partial charge in [0.15, 0.2) is 5.78 Å². The minimum atomic E-state index is -0.551. The third kappa shape index (κ3) is 5.80. The van der Waals surface area contributed by atoms with Crippen molar-refractivity contribution in [1.82, 2.24) is 4.90 Å². The second kappa shape index (κ2) is 12.4. The molecule has 53 heavy (non-hydrogen) atoms. The summed E-state index contributed by atoms with van der Waals surface area (Å²) >= 11 is 0. The van der Waals surface area contributed by atoms with Crippen LogP contribution in [0.15, 0.2) is 45.9 Å². The molecule has 1 saturated heterocycles. The Morgan fingerprint density at radius 1 is 0.811 bits per heavy atom. The first-order valence-corrected chi connectivity index (χ1v) is 19.9. The zero-order chi connectivity index (χ0) is 38.6. The maximum atomic E-state index is 14.7. The average Bonchev–Trinajstić information content (AvgIpc) is 3.07. The van der Waals surface area contributed by atoms with E-state index in [4.69, 9.17) is 9.47 Å². The van der Waals surface area contributed by atoms with Crippen molar-refractivity contribution in [1.29, 1.82) is 0 Å². The molecule has 1 N–H and O–H groups in total. The van der Waals surface area contributed by atoms with Gasteiger partial charge in [-0.15, -0.1) is 0 Å². The van der Waals surface area contributed by atoms with Crippen molar-refractivity contribution in [3.63, 3.8) is 0 Å². The molecule has 8 nitrogen and oxygen atoms in total. The van der Waals surface area contributed by atoms with Crippen LogP contribution in [0.5, 0.6) is 5.75 Å². The Kier molecular flexibility index (Phi) is 8.74. The number of piperidine rings is 1. The maximum Gasteiger partial charge on any atom is 0.311 e. The molecule has 286 valence electrons. The number of allylic oxidation sites excluding steroid dienone is 6. The molecule has 8 heteroatoms. The molecule has 0 aromatic heterocycles. The third-order valence-corrected chi connectivity index (χ3v) is 13.6. The van der Waals surface area contributed by atoms with E-state index in [0.717, 1.165) is 79.8 Å². The van der Waals surface area contributed by atoms with E-state index in [9.17, 15) is 19.5 Å². The summed E-state index contributed by atoms with van der Waals surface area (Å²) < 4.78 is 12.3. The van der Waals surface area contributed by atoms with Crippen molar-refractivity contribution < 1.29 is 29.0 Å². The highest BCUT2D eigenvalue weighted by Gasteiger charge is 2.51. The van der Waals surface area contributed by atoms with Crippen molar-refractivity contribution in [2.24, 2.45) is 16.2 Å². The summed E-state index contributed by atoms with van der Waals surface area (Å²) in [7, 11) is 0. The van der Waals surface area contributed by atoms with Gasteiger partial charge in [0, 0.05) is 66.3 Å². The van der Waals surface area contributed by atoms with Gasteiger partial charge in [-0.25, -0.2) is 0 Å². The van der Waals surface area contributed by atoms with Crippen LogP contribution < -0.4 is 9.64 Å². The fraction of sp³-hybridized carbons (Fsp3) is 0.622. The van der Waals surface area contributed by atoms with E-state index in [1.165, 1.54) is 5.69 Å². The van der Waals surface area contributed by atoms with E-state index in [1.54, 1.807) is 0 Å². The lowest BCUT2D eigenvalue weighted by Gasteiger charge is -2.51. The topological polar surface area (TPSA) is 96.4 Å². The third-order valence-electron chi connectivity index (χ3n) is 13.6. The highest BCUT2D eigenvalue weighted by Crippen LogP contribution is 2.58. The van der Waals surface area contributed by atoms with Crippen molar-refractivity contribution >= 4 is 28.8 Å². The Hall–Kier alpha value is -3.81. The number of esters is 1. The van der Waals surface area contributed by atoms with Gasteiger partial charge < -0.3 is 24.4 Å². The average molecular weight is 725 g/mol. The lowest BCUT2D eigenvalue weighted by molar-refractivity contribution is -0.154. The summed E-state index contributed by atoms with van der Waals surface area (Å²) in [4.78, 5) is 46.7. The number of carbonyl (C=O) groups is 3. The van der Waals surface area contributed by atoms with Gasteiger partial charge in [-0.05, 0) is 90.9 Å². The largest absolute Gasteiger partial charge is 0.506 e. The summed E-state index contributed by atoms with van der Waals surface area (Å²) in [6, 6.07) is 2.07. The van der Waals surface area contributed by atoms with Crippen LogP contribution in [0, 0.1) is 16.2 Å². The quantitative estimate of drug-likeness (QED) is 0.162. The Labute approximate surface area is 316 Å². The van der Waals surface area contributed by atoms with Crippen molar-refractivity contribution in [3.05, 3.63) is 62.6 Å². The van der Waals surface area contributed by atoms with Crippen molar-refractivity contribution in [3.8, 4) is 5.75 Å². The van der Waals surface area contributed by atoms with Gasteiger partial charge in [0.05, 0.1) is 29.8 Å². The van der Waals surface area contributed by atoms with Crippen LogP contribution in [0.1, 0.15) is 131 Å². The molecule has 0 spiro atoms. The number of aliphatic hydroxyl groups is 1. The van der Waals surface area contributed by atoms with Gasteiger partial charge in [-0.3, -0.25) is 14.4 Å². The standard InChI is InChI=1S/C45H60N2O6/c1-12-41(2,3)40(51)53-23-13-22-52-39-27(25-29-35-33(39)45(10,11)17-21-47(35)19-15-43(29,6)7)31-37(49)30(38(31)50)26-24-28-34-32(36(26)48)44(8,9)16-20-46(34)18-14-42(28,4)5/h24-25,49H,12-23H2,1-11H3. The van der Waals surface area contributed by atoms with Gasteiger partial charge in [-0.2, -0.15) is 0 Å². The van der Waals surface area contributed by atoms with E-state index < -0.39 is 5.41 Å². The molecule has 7 rings (SSSR count). The van der Waals surface area contributed by atoms with Crippen LogP contribution in [-0.2, 0) is 30.0 Å². The molecule has 0 unspecified atom stereocenters. The first-order valence-electron chi connectivity index (χ1n) is 19.9. The molecule has 0 bridgehead atoms. The summed E-state index contributed by atoms with van der Waals surface area (Å²) in [5.74, 6) is -0.231. The number of anilines is 1. The number of ether oxygens (including phenoxy) is 2. The van der Waals surface area contributed by atoms with E-state index in [-0.39, 0.29) is 69.3 Å². The van der Waals surface area contributed by atoms with Gasteiger partial charge in [0.25, 0.3) is 0 Å². The molecule has 1 fully saturated rings. The second-order valence-electron chi connectivity index (χ2n) is 19.6. The van der Waals surface area contributed by atoms with Crippen LogP contribution in [0.4, 0.5) is 5.69 Å². The molecule has 0 amide bonds. The zero-order valence-electron chi connectivity index (χ0n) is 34.0. The number of benzene rings is 1. The number of aliphatic hydroxyl groups excluding tert-OH is 1. The highest BCUT2D eigenvalue weighted by atomic mass is 16.5. The number of Topliss-reactive ketones (excluding diaryl/α,β-unsaturated/α-hetero) is 2. The Morgan fingerprint density at radius 3 is 2.06 bits per heavy atom. The van der Waals surface area contributed by atoms with E-state index >= 15 is 0 Å². The highest BCUT2D eigenvalue weighted by molar-refractivity contribution is 6.42. The smallest absolute Gasteiger partial charge is 0.311 e. The van der Waals surface area contributed by atoms with Crippen LogP contribution >= 0.6 is 0 Å². The van der Waals surface area contributed by atoms with Gasteiger partial charge in [0.1, 0.15) is 11.5 Å². The number of carbonyl (C=O) groups excluding carboxylic acids is 3. The normalized spacial score (nSPS) is 25.1. The Balaban J connectivity index is 1.35. The monoisotopic (exact) mass is 724 g/mol. The Bertz CT molecular complexity index is 1950. The molecule has 1 aromatic carbocycles. The lowest BCUT2D eigenvalue weighted by Crippen LogP contribution is -2.48. The molecule has 0 saturated carbocycles. The minimum absolute atomic E-state index is 0.112. The van der Waals surface area contributed by atoms with Gasteiger partial charge in [0.2, 0.25) is 5.78 Å². The fourth-order valence-corrected chi connectivity index (χ4v) is 9.26. The molecular weight excluding hydrogens is 665 g/mol. The molecule has 6 aliphatic rings. The fourth-order valence-electron chi connectivity index (χ4n) is 9.26. The van der Waals surface area contributed by atoms with Crippen LogP contribution in [0.25, 0.3) is 5.57 Å². The molecule has 1 aromatic rings. The van der Waals surface area contributed by atoms with Gasteiger partial charge >= 0.3 is 5.97 Å². The number of nitrogens with zero attached hydrogens (tertiary/aromatic N) is 2. The molecule has 0 atom stereocenters. The SMILES string of the molecule is CCC(C)(C)C(=O)OCCCOc1c(C2=C(O)C(=C3C=C4C5=C(C3=O)C(C)(C)CCN5CCC4(C)C)C2=O)cc2c3c1C(C)(C)CCN3CCC2(C)C. The minimum Gasteiger partial charge on any atom is -0.506 e. The van der Waals surface area contributed by atoms with Crippen LogP contribution in [-0.4, -0.2) is 66.9 Å². The number of rotatable bonds is 8. The first-order chi connectivity index (χ1) is 24.6. The molecule has 4 heterocycles. The number of ketones is 2. The molecular formula is C45H60N2O6. The van der Waals surface area contributed by atoms with E-state index in [0.29, 0.717) is 29.7 Å². The van der Waals surface area contributed by atoms with Crippen molar-refractivity contribution in [2.75, 3.05) is 44.3 Å². The van der Waals surface area contributed by atoms with E-state index in [1.807, 2.05) is 26.8 Å². The maximum absolute atomic E-state index is 14.7. The van der Waals surface area contributed by atoms with Crippen LogP contribution in [0.3, 0.4) is 0 Å². The van der Waals surface area contributed by atoms with Crippen molar-refractivity contribution in [2.45, 2.75) is 126 Å².